The second kappa shape index (κ2) is 6.54. The molecule has 0 radical (unpaired) electrons. The van der Waals surface area contributed by atoms with Crippen LogP contribution < -0.4 is 5.73 Å². The molecule has 0 unspecified atom stereocenters. The Bertz CT molecular complexity index is 770. The molecule has 1 aromatic heterocycles. The van der Waals surface area contributed by atoms with Crippen molar-refractivity contribution in [3.8, 4) is 11.4 Å². The van der Waals surface area contributed by atoms with E-state index in [0.717, 1.165) is 41.9 Å². The standard InChI is InChI=1S/C19H22N4O2/c20-12-16(24)23-9-7-19(8-10-23)17-15(6-11-25-19)13-21-18(22-17)14-4-2-1-3-5-14/h1-5,13H,6-12,20H2. The van der Waals surface area contributed by atoms with Gasteiger partial charge in [0.05, 0.1) is 18.8 Å². The maximum absolute atomic E-state index is 11.9. The number of likely N-dealkylation sites (tertiary alicyclic amines) is 1. The van der Waals surface area contributed by atoms with Gasteiger partial charge in [0.2, 0.25) is 5.91 Å². The molecule has 6 heteroatoms. The van der Waals surface area contributed by atoms with Crippen LogP contribution in [0.4, 0.5) is 0 Å². The van der Waals surface area contributed by atoms with Crippen molar-refractivity contribution in [1.82, 2.24) is 14.9 Å². The van der Waals surface area contributed by atoms with Gasteiger partial charge in [-0.3, -0.25) is 4.79 Å². The van der Waals surface area contributed by atoms with Crippen LogP contribution in [0.5, 0.6) is 0 Å². The van der Waals surface area contributed by atoms with Gasteiger partial charge in [-0.15, -0.1) is 0 Å². The first-order valence-electron chi connectivity index (χ1n) is 8.75. The fraction of sp³-hybridized carbons (Fsp3) is 0.421. The highest BCUT2D eigenvalue weighted by atomic mass is 16.5. The number of hydrogen-bond acceptors (Lipinski definition) is 5. The summed E-state index contributed by atoms with van der Waals surface area (Å²) in [5.41, 5.74) is 8.23. The van der Waals surface area contributed by atoms with Crippen LogP contribution >= 0.6 is 0 Å². The number of rotatable bonds is 2. The van der Waals surface area contributed by atoms with Gasteiger partial charge in [0, 0.05) is 24.8 Å². The summed E-state index contributed by atoms with van der Waals surface area (Å²) >= 11 is 0. The third kappa shape index (κ3) is 2.92. The van der Waals surface area contributed by atoms with Crippen molar-refractivity contribution in [3.63, 3.8) is 0 Å². The number of ether oxygens (including phenoxy) is 1. The van der Waals surface area contributed by atoms with Gasteiger partial charge < -0.3 is 15.4 Å². The van der Waals surface area contributed by atoms with Crippen LogP contribution in [0.15, 0.2) is 36.5 Å². The SMILES string of the molecule is NCC(=O)N1CCC2(CC1)OCCc1cnc(-c3ccccc3)nc12. The second-order valence-corrected chi connectivity index (χ2v) is 6.61. The lowest BCUT2D eigenvalue weighted by Gasteiger charge is -2.44. The number of carbonyl (C=O) groups excluding carboxylic acids is 1. The summed E-state index contributed by atoms with van der Waals surface area (Å²) < 4.78 is 6.23. The fourth-order valence-corrected chi connectivity index (χ4v) is 3.76. The molecule has 2 aromatic rings. The molecule has 1 aromatic carbocycles. The van der Waals surface area contributed by atoms with Gasteiger partial charge >= 0.3 is 0 Å². The van der Waals surface area contributed by atoms with Gasteiger partial charge in [-0.25, -0.2) is 9.97 Å². The Kier molecular flexibility index (Phi) is 4.23. The summed E-state index contributed by atoms with van der Waals surface area (Å²) in [6, 6.07) is 9.99. The number of carbonyl (C=O) groups is 1. The van der Waals surface area contributed by atoms with Crippen LogP contribution in [-0.2, 0) is 21.6 Å². The highest BCUT2D eigenvalue weighted by Crippen LogP contribution is 2.40. The van der Waals surface area contributed by atoms with Gasteiger partial charge in [0.15, 0.2) is 5.82 Å². The van der Waals surface area contributed by atoms with E-state index in [1.54, 1.807) is 0 Å². The number of nitrogens with zero attached hydrogens (tertiary/aromatic N) is 3. The quantitative estimate of drug-likeness (QED) is 0.897. The van der Waals surface area contributed by atoms with Crippen LogP contribution in [-0.4, -0.2) is 47.0 Å². The molecular weight excluding hydrogens is 316 g/mol. The van der Waals surface area contributed by atoms with E-state index in [4.69, 9.17) is 15.5 Å². The Morgan fingerprint density at radius 3 is 2.72 bits per heavy atom. The maximum Gasteiger partial charge on any atom is 0.236 e. The maximum atomic E-state index is 11.9. The van der Waals surface area contributed by atoms with Gasteiger partial charge in [0.25, 0.3) is 0 Å². The smallest absolute Gasteiger partial charge is 0.236 e. The predicted molar refractivity (Wildman–Crippen MR) is 93.7 cm³/mol. The number of amides is 1. The Hall–Kier alpha value is -2.31. The van der Waals surface area contributed by atoms with Crippen molar-refractivity contribution < 1.29 is 9.53 Å². The molecule has 25 heavy (non-hydrogen) atoms. The molecule has 1 fully saturated rings. The van der Waals surface area contributed by atoms with Crippen molar-refractivity contribution in [2.24, 2.45) is 5.73 Å². The molecule has 0 atom stereocenters. The van der Waals surface area contributed by atoms with Crippen LogP contribution in [0.3, 0.4) is 0 Å². The van der Waals surface area contributed by atoms with Gasteiger partial charge in [-0.1, -0.05) is 30.3 Å². The molecule has 2 aliphatic rings. The van der Waals surface area contributed by atoms with Gasteiger partial charge in [0.1, 0.15) is 5.60 Å². The van der Waals surface area contributed by atoms with E-state index in [2.05, 4.69) is 4.98 Å². The first kappa shape index (κ1) is 16.2. The Labute approximate surface area is 147 Å². The minimum absolute atomic E-state index is 0.00135. The van der Waals surface area contributed by atoms with Crippen LogP contribution in [0.2, 0.25) is 0 Å². The monoisotopic (exact) mass is 338 g/mol. The van der Waals surface area contributed by atoms with Crippen LogP contribution in [0.25, 0.3) is 11.4 Å². The number of benzene rings is 1. The lowest BCUT2D eigenvalue weighted by atomic mass is 9.83. The summed E-state index contributed by atoms with van der Waals surface area (Å²) in [4.78, 5) is 23.1. The zero-order chi connectivity index (χ0) is 17.3. The Balaban J connectivity index is 1.66. The van der Waals surface area contributed by atoms with Crippen LogP contribution in [0.1, 0.15) is 24.1 Å². The van der Waals surface area contributed by atoms with E-state index in [9.17, 15) is 4.79 Å². The summed E-state index contributed by atoms with van der Waals surface area (Å²) in [5.74, 6) is 0.725. The molecule has 4 rings (SSSR count). The predicted octanol–water partition coefficient (Wildman–Crippen LogP) is 1.49. The minimum atomic E-state index is -0.411. The molecule has 3 heterocycles. The van der Waals surface area contributed by atoms with Crippen LogP contribution in [0, 0.1) is 0 Å². The molecule has 2 aliphatic heterocycles. The first-order chi connectivity index (χ1) is 12.2. The first-order valence-corrected chi connectivity index (χ1v) is 8.75. The van der Waals surface area contributed by atoms with E-state index in [1.807, 2.05) is 41.4 Å². The number of hydrogen-bond donors (Lipinski definition) is 1. The van der Waals surface area contributed by atoms with Crippen molar-refractivity contribution >= 4 is 5.91 Å². The molecule has 1 spiro atoms. The average Bonchev–Trinajstić information content (AvgIpc) is 2.69. The van der Waals surface area contributed by atoms with Gasteiger partial charge in [-0.2, -0.15) is 0 Å². The minimum Gasteiger partial charge on any atom is -0.368 e. The number of aromatic nitrogens is 2. The van der Waals surface area contributed by atoms with Gasteiger partial charge in [-0.05, 0) is 24.8 Å². The summed E-state index contributed by atoms with van der Waals surface area (Å²) in [5, 5.41) is 0. The number of nitrogens with two attached hydrogens (primary N) is 1. The third-order valence-electron chi connectivity index (χ3n) is 5.18. The van der Waals surface area contributed by atoms with E-state index >= 15 is 0 Å². The van der Waals surface area contributed by atoms with Crippen molar-refractivity contribution in [3.05, 3.63) is 47.8 Å². The van der Waals surface area contributed by atoms with E-state index in [0.29, 0.717) is 19.7 Å². The highest BCUT2D eigenvalue weighted by Gasteiger charge is 2.43. The Morgan fingerprint density at radius 1 is 1.24 bits per heavy atom. The topological polar surface area (TPSA) is 81.3 Å². The normalized spacial score (nSPS) is 18.8. The van der Waals surface area contributed by atoms with E-state index in [1.165, 1.54) is 0 Å². The summed E-state index contributed by atoms with van der Waals surface area (Å²) in [7, 11) is 0. The summed E-state index contributed by atoms with van der Waals surface area (Å²) in [6.07, 6.45) is 4.26. The molecule has 0 bridgehead atoms. The molecule has 6 nitrogen and oxygen atoms in total. The van der Waals surface area contributed by atoms with Crippen molar-refractivity contribution in [2.75, 3.05) is 26.2 Å². The molecular formula is C19H22N4O2. The Morgan fingerprint density at radius 2 is 2.00 bits per heavy atom. The number of piperidine rings is 1. The molecule has 1 saturated heterocycles. The lowest BCUT2D eigenvalue weighted by Crippen LogP contribution is -2.50. The fourth-order valence-electron chi connectivity index (χ4n) is 3.76. The lowest BCUT2D eigenvalue weighted by molar-refractivity contribution is -0.139. The molecule has 0 saturated carbocycles. The van der Waals surface area contributed by atoms with E-state index in [-0.39, 0.29) is 12.5 Å². The largest absolute Gasteiger partial charge is 0.368 e. The zero-order valence-electron chi connectivity index (χ0n) is 14.1. The highest BCUT2D eigenvalue weighted by molar-refractivity contribution is 5.78. The van der Waals surface area contributed by atoms with Crippen molar-refractivity contribution in [2.45, 2.75) is 24.9 Å². The third-order valence-corrected chi connectivity index (χ3v) is 5.18. The van der Waals surface area contributed by atoms with Crippen molar-refractivity contribution in [1.29, 1.82) is 0 Å². The zero-order valence-corrected chi connectivity index (χ0v) is 14.1. The molecule has 0 aliphatic carbocycles. The number of fused-ring (bicyclic) bond motifs is 2. The van der Waals surface area contributed by atoms with E-state index < -0.39 is 5.60 Å². The molecule has 130 valence electrons. The average molecular weight is 338 g/mol. The molecule has 2 N–H and O–H groups in total. The second-order valence-electron chi connectivity index (χ2n) is 6.61. The summed E-state index contributed by atoms with van der Waals surface area (Å²) in [6.45, 7) is 2.04. The molecule has 1 amide bonds.